The Morgan fingerprint density at radius 1 is 1.20 bits per heavy atom. The summed E-state index contributed by atoms with van der Waals surface area (Å²) in [4.78, 5) is -0.0172. The van der Waals surface area contributed by atoms with E-state index in [-0.39, 0.29) is 10.6 Å². The third-order valence-corrected chi connectivity index (χ3v) is 4.89. The minimum absolute atomic E-state index is 0.0172. The van der Waals surface area contributed by atoms with Crippen molar-refractivity contribution in [3.63, 3.8) is 0 Å². The van der Waals surface area contributed by atoms with Gasteiger partial charge < -0.3 is 4.74 Å². The van der Waals surface area contributed by atoms with Gasteiger partial charge in [-0.2, -0.15) is 0 Å². The number of benzene rings is 2. The van der Waals surface area contributed by atoms with Crippen molar-refractivity contribution in [2.24, 2.45) is 0 Å². The van der Waals surface area contributed by atoms with Crippen LogP contribution in [0.4, 0.5) is 4.39 Å². The lowest BCUT2D eigenvalue weighted by Crippen LogP contribution is -2.02. The van der Waals surface area contributed by atoms with Crippen molar-refractivity contribution in [1.29, 1.82) is 0 Å². The van der Waals surface area contributed by atoms with Crippen LogP contribution >= 0.6 is 38.5 Å². The van der Waals surface area contributed by atoms with Crippen LogP contribution in [0, 0.1) is 16.3 Å². The molecule has 0 saturated carbocycles. The van der Waals surface area contributed by atoms with Crippen LogP contribution in [0.1, 0.15) is 28.4 Å². The van der Waals surface area contributed by atoms with Gasteiger partial charge in [-0.1, -0.05) is 39.7 Å². The van der Waals surface area contributed by atoms with Crippen LogP contribution in [-0.2, 0) is 0 Å². The van der Waals surface area contributed by atoms with E-state index in [1.165, 1.54) is 11.6 Å². The Balaban J connectivity index is 2.46. The molecule has 0 spiro atoms. The Kier molecular flexibility index (Phi) is 5.43. The van der Waals surface area contributed by atoms with Crippen molar-refractivity contribution in [3.05, 3.63) is 62.5 Å². The smallest absolute Gasteiger partial charge is 0.124 e. The first kappa shape index (κ1) is 15.8. The Bertz CT molecular complexity index is 615. The van der Waals surface area contributed by atoms with Crippen LogP contribution in [0.15, 0.2) is 36.4 Å². The van der Waals surface area contributed by atoms with Crippen LogP contribution < -0.4 is 4.74 Å². The summed E-state index contributed by atoms with van der Waals surface area (Å²) >= 11 is 5.88. The van der Waals surface area contributed by atoms with Gasteiger partial charge in [0.2, 0.25) is 0 Å². The molecule has 4 heteroatoms. The van der Waals surface area contributed by atoms with Gasteiger partial charge in [0.15, 0.2) is 0 Å². The molecule has 0 saturated heterocycles. The summed E-state index contributed by atoms with van der Waals surface area (Å²) in [5, 5.41) is 0. The molecule has 0 aliphatic carbocycles. The second kappa shape index (κ2) is 6.89. The summed E-state index contributed by atoms with van der Waals surface area (Å²) in [5.74, 6) is 0.646. The molecule has 1 atom stereocenters. The number of hydrogen-bond acceptors (Lipinski definition) is 1. The summed E-state index contributed by atoms with van der Waals surface area (Å²) in [6, 6.07) is 11.0. The third kappa shape index (κ3) is 3.52. The highest BCUT2D eigenvalue weighted by Crippen LogP contribution is 2.39. The first-order valence-corrected chi connectivity index (χ1v) is 8.34. The SMILES string of the molecule is CCOc1ccc(C)cc1C(Br)c1ccc(F)cc1I. The van der Waals surface area contributed by atoms with Crippen molar-refractivity contribution in [2.75, 3.05) is 6.61 Å². The van der Waals surface area contributed by atoms with Gasteiger partial charge in [-0.3, -0.25) is 0 Å². The van der Waals surface area contributed by atoms with Crippen molar-refractivity contribution >= 4 is 38.5 Å². The topological polar surface area (TPSA) is 9.23 Å². The van der Waals surface area contributed by atoms with Gasteiger partial charge in [-0.05, 0) is 60.2 Å². The molecule has 0 aromatic heterocycles. The second-order valence-electron chi connectivity index (χ2n) is 4.50. The molecule has 0 heterocycles. The van der Waals surface area contributed by atoms with Crippen LogP contribution in [0.5, 0.6) is 5.75 Å². The standard InChI is InChI=1S/C16H15BrFIO/c1-3-20-15-7-4-10(2)8-13(15)16(17)12-6-5-11(18)9-14(12)19/h4-9,16H,3H2,1-2H3. The van der Waals surface area contributed by atoms with E-state index in [0.717, 1.165) is 20.4 Å². The Morgan fingerprint density at radius 2 is 1.95 bits per heavy atom. The van der Waals surface area contributed by atoms with Gasteiger partial charge in [0, 0.05) is 9.13 Å². The summed E-state index contributed by atoms with van der Waals surface area (Å²) in [6.45, 7) is 4.64. The van der Waals surface area contributed by atoms with Gasteiger partial charge >= 0.3 is 0 Å². The van der Waals surface area contributed by atoms with Crippen molar-refractivity contribution in [2.45, 2.75) is 18.7 Å². The maximum absolute atomic E-state index is 13.2. The molecule has 2 aromatic carbocycles. The quantitative estimate of drug-likeness (QED) is 0.435. The van der Waals surface area contributed by atoms with E-state index in [1.54, 1.807) is 6.07 Å². The molecule has 1 nitrogen and oxygen atoms in total. The number of halogens is 3. The molecule has 0 fully saturated rings. The molecule has 20 heavy (non-hydrogen) atoms. The molecule has 2 aromatic rings. The van der Waals surface area contributed by atoms with E-state index in [0.29, 0.717) is 6.61 Å². The highest BCUT2D eigenvalue weighted by atomic mass is 127. The largest absolute Gasteiger partial charge is 0.494 e. The Labute approximate surface area is 140 Å². The van der Waals surface area contributed by atoms with Gasteiger partial charge in [-0.15, -0.1) is 0 Å². The van der Waals surface area contributed by atoms with E-state index < -0.39 is 0 Å². The van der Waals surface area contributed by atoms with Crippen LogP contribution in [0.2, 0.25) is 0 Å². The number of rotatable bonds is 4. The van der Waals surface area contributed by atoms with Crippen molar-refractivity contribution in [3.8, 4) is 5.75 Å². The van der Waals surface area contributed by atoms with Gasteiger partial charge in [-0.25, -0.2) is 4.39 Å². The summed E-state index contributed by atoms with van der Waals surface area (Å²) in [7, 11) is 0. The maximum atomic E-state index is 13.2. The zero-order valence-electron chi connectivity index (χ0n) is 11.3. The highest BCUT2D eigenvalue weighted by molar-refractivity contribution is 14.1. The number of alkyl halides is 1. The number of aryl methyl sites for hydroxylation is 1. The normalized spacial score (nSPS) is 12.2. The fraction of sp³-hybridized carbons (Fsp3) is 0.250. The summed E-state index contributed by atoms with van der Waals surface area (Å²) < 4.78 is 19.8. The average Bonchev–Trinajstić information content (AvgIpc) is 2.40. The summed E-state index contributed by atoms with van der Waals surface area (Å²) in [5.41, 5.74) is 3.28. The molecule has 0 aliphatic heterocycles. The number of ether oxygens (including phenoxy) is 1. The predicted octanol–water partition coefficient (Wildman–Crippen LogP) is 5.62. The average molecular weight is 449 g/mol. The molecule has 2 rings (SSSR count). The number of hydrogen-bond donors (Lipinski definition) is 0. The lowest BCUT2D eigenvalue weighted by Gasteiger charge is -2.17. The van der Waals surface area contributed by atoms with Gasteiger partial charge in [0.05, 0.1) is 11.4 Å². The van der Waals surface area contributed by atoms with Gasteiger partial charge in [0.25, 0.3) is 0 Å². The van der Waals surface area contributed by atoms with E-state index in [1.807, 2.05) is 25.1 Å². The minimum atomic E-state index is -0.216. The zero-order valence-corrected chi connectivity index (χ0v) is 15.0. The van der Waals surface area contributed by atoms with Crippen LogP contribution in [-0.4, -0.2) is 6.61 Å². The zero-order chi connectivity index (χ0) is 14.7. The lowest BCUT2D eigenvalue weighted by atomic mass is 10.0. The van der Waals surface area contributed by atoms with E-state index in [2.05, 4.69) is 51.5 Å². The van der Waals surface area contributed by atoms with Crippen molar-refractivity contribution in [1.82, 2.24) is 0 Å². The highest BCUT2D eigenvalue weighted by Gasteiger charge is 2.18. The van der Waals surface area contributed by atoms with Crippen molar-refractivity contribution < 1.29 is 9.13 Å². The summed E-state index contributed by atoms with van der Waals surface area (Å²) in [6.07, 6.45) is 0. The monoisotopic (exact) mass is 448 g/mol. The second-order valence-corrected chi connectivity index (χ2v) is 6.58. The first-order valence-electron chi connectivity index (χ1n) is 6.35. The molecule has 0 radical (unpaired) electrons. The van der Waals surface area contributed by atoms with Crippen LogP contribution in [0.25, 0.3) is 0 Å². The molecule has 106 valence electrons. The molecule has 0 aliphatic rings. The Hall–Kier alpha value is -0.620. The fourth-order valence-corrected chi connectivity index (χ4v) is 4.00. The first-order chi connectivity index (χ1) is 9.52. The van der Waals surface area contributed by atoms with Gasteiger partial charge in [0.1, 0.15) is 11.6 Å². The molecule has 1 unspecified atom stereocenters. The molecular weight excluding hydrogens is 434 g/mol. The molecule has 0 bridgehead atoms. The molecule has 0 amide bonds. The molecular formula is C16H15BrFIO. The van der Waals surface area contributed by atoms with E-state index in [9.17, 15) is 4.39 Å². The van der Waals surface area contributed by atoms with Crippen LogP contribution in [0.3, 0.4) is 0 Å². The molecule has 0 N–H and O–H groups in total. The van der Waals surface area contributed by atoms with E-state index >= 15 is 0 Å². The third-order valence-electron chi connectivity index (χ3n) is 2.97. The maximum Gasteiger partial charge on any atom is 0.124 e. The minimum Gasteiger partial charge on any atom is -0.494 e. The predicted molar refractivity (Wildman–Crippen MR) is 92.2 cm³/mol. The lowest BCUT2D eigenvalue weighted by molar-refractivity contribution is 0.337. The Morgan fingerprint density at radius 3 is 2.60 bits per heavy atom. The van der Waals surface area contributed by atoms with E-state index in [4.69, 9.17) is 4.74 Å². The fourth-order valence-electron chi connectivity index (χ4n) is 2.03.